The van der Waals surface area contributed by atoms with E-state index in [-0.39, 0.29) is 23.3 Å². The third-order valence-corrected chi connectivity index (χ3v) is 6.79. The Kier molecular flexibility index (Phi) is 8.58. The van der Waals surface area contributed by atoms with Crippen LogP contribution in [0.3, 0.4) is 0 Å². The quantitative estimate of drug-likeness (QED) is 0.513. The average Bonchev–Trinajstić information content (AvgIpc) is 3.28. The SMILES string of the molecule is CC(C(=O)NC1CCCC1)N(Cc1cccc(Cl)c1)C(=O)CCc1ccc(C(C)(C)C)cc1. The van der Waals surface area contributed by atoms with E-state index in [0.29, 0.717) is 24.4 Å². The molecule has 0 aromatic heterocycles. The average molecular weight is 469 g/mol. The normalized spacial score (nSPS) is 15.3. The number of halogens is 1. The molecule has 4 nitrogen and oxygen atoms in total. The zero-order valence-corrected chi connectivity index (χ0v) is 21.1. The van der Waals surface area contributed by atoms with Crippen LogP contribution in [0, 0.1) is 0 Å². The molecule has 1 atom stereocenters. The van der Waals surface area contributed by atoms with Crippen molar-refractivity contribution in [2.24, 2.45) is 0 Å². The number of carbonyl (C=O) groups is 2. The van der Waals surface area contributed by atoms with Crippen molar-refractivity contribution in [1.29, 1.82) is 0 Å². The molecule has 0 saturated heterocycles. The lowest BCUT2D eigenvalue weighted by atomic mass is 9.86. The third-order valence-electron chi connectivity index (χ3n) is 6.56. The fourth-order valence-corrected chi connectivity index (χ4v) is 4.59. The standard InChI is InChI=1S/C28H37ClN2O2/c1-20(27(33)30-25-10-5-6-11-25)31(19-22-8-7-9-24(29)18-22)26(32)17-14-21-12-15-23(16-13-21)28(2,3)4/h7-9,12-13,15-16,18,20,25H,5-6,10-11,14,17,19H2,1-4H3,(H,30,33). The van der Waals surface area contributed by atoms with Gasteiger partial charge in [0, 0.05) is 24.0 Å². The highest BCUT2D eigenvalue weighted by Gasteiger charge is 2.28. The number of rotatable bonds is 8. The molecule has 0 aliphatic heterocycles. The number of benzene rings is 2. The summed E-state index contributed by atoms with van der Waals surface area (Å²) in [6, 6.07) is 15.7. The Balaban J connectivity index is 1.70. The molecule has 1 aliphatic carbocycles. The number of nitrogens with zero attached hydrogens (tertiary/aromatic N) is 1. The summed E-state index contributed by atoms with van der Waals surface area (Å²) >= 11 is 6.17. The van der Waals surface area contributed by atoms with E-state index < -0.39 is 6.04 Å². The van der Waals surface area contributed by atoms with E-state index in [2.05, 4.69) is 50.4 Å². The van der Waals surface area contributed by atoms with Gasteiger partial charge in [0.25, 0.3) is 0 Å². The van der Waals surface area contributed by atoms with Crippen LogP contribution in [0.4, 0.5) is 0 Å². The Bertz CT molecular complexity index is 943. The van der Waals surface area contributed by atoms with E-state index >= 15 is 0 Å². The number of hydrogen-bond acceptors (Lipinski definition) is 2. The van der Waals surface area contributed by atoms with Gasteiger partial charge in [-0.25, -0.2) is 0 Å². The minimum atomic E-state index is -0.541. The zero-order chi connectivity index (χ0) is 24.0. The molecule has 33 heavy (non-hydrogen) atoms. The van der Waals surface area contributed by atoms with Crippen LogP contribution in [-0.4, -0.2) is 28.8 Å². The first kappa shape index (κ1) is 25.3. The van der Waals surface area contributed by atoms with Gasteiger partial charge in [-0.15, -0.1) is 0 Å². The maximum absolute atomic E-state index is 13.3. The van der Waals surface area contributed by atoms with E-state index in [4.69, 9.17) is 11.6 Å². The van der Waals surface area contributed by atoms with Crippen LogP contribution in [0.5, 0.6) is 0 Å². The maximum Gasteiger partial charge on any atom is 0.242 e. The number of aryl methyl sites for hydroxylation is 1. The molecule has 0 bridgehead atoms. The number of nitrogens with one attached hydrogen (secondary N) is 1. The Morgan fingerprint density at radius 3 is 2.33 bits per heavy atom. The molecule has 2 aromatic rings. The van der Waals surface area contributed by atoms with Crippen LogP contribution >= 0.6 is 11.6 Å². The molecule has 1 fully saturated rings. The predicted octanol–water partition coefficient (Wildman–Crippen LogP) is 6.05. The van der Waals surface area contributed by atoms with Crippen LogP contribution < -0.4 is 5.32 Å². The summed E-state index contributed by atoms with van der Waals surface area (Å²) in [4.78, 5) is 28.0. The van der Waals surface area contributed by atoms with Gasteiger partial charge in [0.15, 0.2) is 0 Å². The molecule has 1 saturated carbocycles. The number of carbonyl (C=O) groups excluding carboxylic acids is 2. The highest BCUT2D eigenvalue weighted by Crippen LogP contribution is 2.23. The van der Waals surface area contributed by atoms with Crippen molar-refractivity contribution in [3.05, 3.63) is 70.2 Å². The summed E-state index contributed by atoms with van der Waals surface area (Å²) in [5.74, 6) is -0.101. The molecule has 2 amide bonds. The first-order valence-electron chi connectivity index (χ1n) is 12.1. The smallest absolute Gasteiger partial charge is 0.242 e. The van der Waals surface area contributed by atoms with Crippen molar-refractivity contribution in [3.63, 3.8) is 0 Å². The van der Waals surface area contributed by atoms with Crippen molar-refractivity contribution in [2.75, 3.05) is 0 Å². The van der Waals surface area contributed by atoms with Gasteiger partial charge in [-0.1, -0.05) is 81.6 Å². The first-order chi connectivity index (χ1) is 15.6. The summed E-state index contributed by atoms with van der Waals surface area (Å²) < 4.78 is 0. The minimum absolute atomic E-state index is 0.0241. The highest BCUT2D eigenvalue weighted by atomic mass is 35.5. The lowest BCUT2D eigenvalue weighted by Gasteiger charge is -2.30. The van der Waals surface area contributed by atoms with Crippen LogP contribution in [-0.2, 0) is 28.0 Å². The Morgan fingerprint density at radius 2 is 1.73 bits per heavy atom. The molecule has 0 radical (unpaired) electrons. The van der Waals surface area contributed by atoms with Gasteiger partial charge in [0.2, 0.25) is 11.8 Å². The predicted molar refractivity (Wildman–Crippen MR) is 135 cm³/mol. The molecular weight excluding hydrogens is 432 g/mol. The largest absolute Gasteiger partial charge is 0.352 e. The summed E-state index contributed by atoms with van der Waals surface area (Å²) in [5, 5.41) is 3.77. The van der Waals surface area contributed by atoms with E-state index in [1.807, 2.05) is 31.2 Å². The molecule has 5 heteroatoms. The highest BCUT2D eigenvalue weighted by molar-refractivity contribution is 6.30. The Morgan fingerprint density at radius 1 is 1.06 bits per heavy atom. The fraction of sp³-hybridized carbons (Fsp3) is 0.500. The van der Waals surface area contributed by atoms with E-state index in [0.717, 1.165) is 36.8 Å². The Hall–Kier alpha value is -2.33. The second kappa shape index (κ2) is 11.2. The topological polar surface area (TPSA) is 49.4 Å². The molecule has 0 heterocycles. The summed E-state index contributed by atoms with van der Waals surface area (Å²) in [6.45, 7) is 8.76. The zero-order valence-electron chi connectivity index (χ0n) is 20.4. The number of amides is 2. The van der Waals surface area contributed by atoms with Crippen LogP contribution in [0.2, 0.25) is 5.02 Å². The second-order valence-corrected chi connectivity index (χ2v) is 10.7. The van der Waals surface area contributed by atoms with Crippen molar-refractivity contribution in [2.45, 2.75) is 90.3 Å². The van der Waals surface area contributed by atoms with Gasteiger partial charge in [-0.2, -0.15) is 0 Å². The summed E-state index contributed by atoms with van der Waals surface area (Å²) in [5.41, 5.74) is 3.43. The van der Waals surface area contributed by atoms with Gasteiger partial charge in [0.1, 0.15) is 6.04 Å². The minimum Gasteiger partial charge on any atom is -0.352 e. The van der Waals surface area contributed by atoms with E-state index in [1.165, 1.54) is 5.56 Å². The van der Waals surface area contributed by atoms with E-state index in [9.17, 15) is 9.59 Å². The fourth-order valence-electron chi connectivity index (χ4n) is 4.37. The molecule has 1 aliphatic rings. The van der Waals surface area contributed by atoms with Crippen LogP contribution in [0.1, 0.15) is 76.5 Å². The van der Waals surface area contributed by atoms with Crippen molar-refractivity contribution < 1.29 is 9.59 Å². The summed E-state index contributed by atoms with van der Waals surface area (Å²) in [7, 11) is 0. The molecule has 178 valence electrons. The van der Waals surface area contributed by atoms with Crippen LogP contribution in [0.25, 0.3) is 0 Å². The third kappa shape index (κ3) is 7.33. The monoisotopic (exact) mass is 468 g/mol. The first-order valence-corrected chi connectivity index (χ1v) is 12.4. The Labute approximate surface area is 203 Å². The van der Waals surface area contributed by atoms with Gasteiger partial charge < -0.3 is 10.2 Å². The molecule has 3 rings (SSSR count). The lowest BCUT2D eigenvalue weighted by Crippen LogP contribution is -2.49. The van der Waals surface area contributed by atoms with Crippen LogP contribution in [0.15, 0.2) is 48.5 Å². The molecule has 2 aromatic carbocycles. The second-order valence-electron chi connectivity index (χ2n) is 10.3. The van der Waals surface area contributed by atoms with Crippen molar-refractivity contribution in [3.8, 4) is 0 Å². The van der Waals surface area contributed by atoms with Crippen molar-refractivity contribution in [1.82, 2.24) is 10.2 Å². The van der Waals surface area contributed by atoms with Gasteiger partial charge in [0.05, 0.1) is 0 Å². The van der Waals surface area contributed by atoms with E-state index in [1.54, 1.807) is 4.90 Å². The van der Waals surface area contributed by atoms with Gasteiger partial charge >= 0.3 is 0 Å². The van der Waals surface area contributed by atoms with Crippen molar-refractivity contribution >= 4 is 23.4 Å². The molecular formula is C28H37ClN2O2. The lowest BCUT2D eigenvalue weighted by molar-refractivity contribution is -0.140. The summed E-state index contributed by atoms with van der Waals surface area (Å²) in [6.07, 6.45) is 5.34. The molecule has 0 spiro atoms. The molecule has 1 N–H and O–H groups in total. The van der Waals surface area contributed by atoms with Gasteiger partial charge in [-0.05, 0) is 60.4 Å². The number of hydrogen-bond donors (Lipinski definition) is 1. The maximum atomic E-state index is 13.3. The molecule has 1 unspecified atom stereocenters. The van der Waals surface area contributed by atoms with Gasteiger partial charge in [-0.3, -0.25) is 9.59 Å².